The van der Waals surface area contributed by atoms with Crippen LogP contribution in [-0.2, 0) is 9.53 Å². The van der Waals surface area contributed by atoms with Gasteiger partial charge in [0.15, 0.2) is 0 Å². The number of hydrogen-bond donors (Lipinski definition) is 1. The molecule has 0 aliphatic heterocycles. The summed E-state index contributed by atoms with van der Waals surface area (Å²) in [4.78, 5) is 27.2. The minimum Gasteiger partial charge on any atom is -0.449 e. The Morgan fingerprint density at radius 3 is 2.25 bits per heavy atom. The van der Waals surface area contributed by atoms with E-state index in [1.54, 1.807) is 0 Å². The van der Waals surface area contributed by atoms with Gasteiger partial charge in [-0.3, -0.25) is 4.79 Å². The molecule has 0 heterocycles. The minimum absolute atomic E-state index is 0.0464. The lowest BCUT2D eigenvalue weighted by atomic mass is 9.96. The van der Waals surface area contributed by atoms with Crippen LogP contribution in [0.4, 0.5) is 4.79 Å². The fourth-order valence-electron chi connectivity index (χ4n) is 3.63. The second-order valence-electron chi connectivity index (χ2n) is 6.98. The first kappa shape index (κ1) is 19.5. The Bertz CT molecular complexity index is 889. The first-order chi connectivity index (χ1) is 13.6. The van der Waals surface area contributed by atoms with Crippen molar-refractivity contribution >= 4 is 18.1 Å². The van der Waals surface area contributed by atoms with E-state index < -0.39 is 17.9 Å². The summed E-state index contributed by atoms with van der Waals surface area (Å²) in [6, 6.07) is 15.4. The minimum atomic E-state index is -0.795. The van der Waals surface area contributed by atoms with Crippen molar-refractivity contribution in [3.63, 3.8) is 0 Å². The molecule has 0 spiro atoms. The van der Waals surface area contributed by atoms with Gasteiger partial charge in [0.1, 0.15) is 12.6 Å². The van der Waals surface area contributed by atoms with E-state index in [1.165, 1.54) is 0 Å². The quantitative estimate of drug-likeness (QED) is 0.452. The van der Waals surface area contributed by atoms with Crippen LogP contribution in [0.15, 0.2) is 48.5 Å². The standard InChI is InChI=1S/C22H23N3O3/c1-3-14(2)21(20(26)12-24-23)25-22(27)28-13-19-17-10-6-4-8-15(17)16-9-5-7-11-18(16)19/h4-12,14,19,21H,3,13H2,1-2H3,(H,25,27)/t14-,21+/m0/s1. The van der Waals surface area contributed by atoms with E-state index >= 15 is 0 Å². The Hall–Kier alpha value is -3.24. The summed E-state index contributed by atoms with van der Waals surface area (Å²) in [5.41, 5.74) is 13.2. The molecule has 1 aliphatic carbocycles. The highest BCUT2D eigenvalue weighted by atomic mass is 16.5. The van der Waals surface area contributed by atoms with Crippen LogP contribution in [0.2, 0.25) is 0 Å². The fourth-order valence-corrected chi connectivity index (χ4v) is 3.63. The summed E-state index contributed by atoms with van der Waals surface area (Å²) in [6.07, 6.45) is 0.826. The smallest absolute Gasteiger partial charge is 0.407 e. The van der Waals surface area contributed by atoms with E-state index in [0.29, 0.717) is 6.42 Å². The molecule has 0 aromatic heterocycles. The number of alkyl carbamates (subject to hydrolysis) is 1. The number of Topliss-reactive ketones (excluding diaryl/α,β-unsaturated/α-hetero) is 1. The molecule has 2 aromatic carbocycles. The maximum absolute atomic E-state index is 12.4. The lowest BCUT2D eigenvalue weighted by Gasteiger charge is -2.21. The molecule has 0 saturated carbocycles. The van der Waals surface area contributed by atoms with Crippen LogP contribution in [0.3, 0.4) is 0 Å². The van der Waals surface area contributed by atoms with Crippen LogP contribution in [-0.4, -0.2) is 35.5 Å². The van der Waals surface area contributed by atoms with Crippen LogP contribution in [0.25, 0.3) is 16.7 Å². The van der Waals surface area contributed by atoms with Gasteiger partial charge >= 0.3 is 12.3 Å². The van der Waals surface area contributed by atoms with Crippen LogP contribution in [0, 0.1) is 5.92 Å². The second-order valence-corrected chi connectivity index (χ2v) is 6.98. The van der Waals surface area contributed by atoms with E-state index in [0.717, 1.165) is 28.5 Å². The van der Waals surface area contributed by atoms with Crippen LogP contribution < -0.4 is 5.32 Å². The molecule has 0 saturated heterocycles. The molecule has 28 heavy (non-hydrogen) atoms. The van der Waals surface area contributed by atoms with Crippen molar-refractivity contribution in [2.45, 2.75) is 32.2 Å². The predicted molar refractivity (Wildman–Crippen MR) is 106 cm³/mol. The molecule has 1 N–H and O–H groups in total. The molecule has 2 aromatic rings. The maximum Gasteiger partial charge on any atom is 0.407 e. The lowest BCUT2D eigenvalue weighted by Crippen LogP contribution is -2.46. The third-order valence-corrected chi connectivity index (χ3v) is 5.32. The van der Waals surface area contributed by atoms with Crippen LogP contribution in [0.5, 0.6) is 0 Å². The third-order valence-electron chi connectivity index (χ3n) is 5.32. The second kappa shape index (κ2) is 8.63. The Morgan fingerprint density at radius 2 is 1.71 bits per heavy atom. The Kier molecular flexibility index (Phi) is 6.02. The van der Waals surface area contributed by atoms with Crippen molar-refractivity contribution < 1.29 is 19.1 Å². The molecule has 2 atom stereocenters. The molecule has 144 valence electrons. The molecule has 3 rings (SSSR count). The predicted octanol–water partition coefficient (Wildman–Crippen LogP) is 3.81. The number of nitrogens with one attached hydrogen (secondary N) is 1. The first-order valence-corrected chi connectivity index (χ1v) is 9.39. The summed E-state index contributed by atoms with van der Waals surface area (Å²) < 4.78 is 5.48. The number of ether oxygens (including phenoxy) is 1. The number of ketones is 1. The van der Waals surface area contributed by atoms with Crippen molar-refractivity contribution in [1.82, 2.24) is 5.32 Å². The monoisotopic (exact) mass is 377 g/mol. The summed E-state index contributed by atoms with van der Waals surface area (Å²) in [6.45, 7) is 3.94. The van der Waals surface area contributed by atoms with Crippen molar-refractivity contribution in [2.75, 3.05) is 6.61 Å². The normalized spacial score (nSPS) is 14.2. The number of rotatable bonds is 7. The van der Waals surface area contributed by atoms with Crippen molar-refractivity contribution in [1.29, 1.82) is 0 Å². The van der Waals surface area contributed by atoms with Crippen molar-refractivity contribution in [3.05, 3.63) is 65.2 Å². The van der Waals surface area contributed by atoms with Gasteiger partial charge in [-0.05, 0) is 28.2 Å². The molecule has 0 radical (unpaired) electrons. The Balaban J connectivity index is 1.72. The Morgan fingerprint density at radius 1 is 1.14 bits per heavy atom. The third kappa shape index (κ3) is 3.87. The van der Waals surface area contributed by atoms with Gasteiger partial charge in [0, 0.05) is 5.92 Å². The number of hydrogen-bond acceptors (Lipinski definition) is 3. The van der Waals surface area contributed by atoms with E-state index in [2.05, 4.69) is 22.2 Å². The van der Waals surface area contributed by atoms with Gasteiger partial charge in [-0.25, -0.2) is 4.79 Å². The highest BCUT2D eigenvalue weighted by Gasteiger charge is 2.31. The molecule has 0 bridgehead atoms. The van der Waals surface area contributed by atoms with Crippen LogP contribution >= 0.6 is 0 Å². The summed E-state index contributed by atoms with van der Waals surface area (Å²) in [7, 11) is 0. The summed E-state index contributed by atoms with van der Waals surface area (Å²) in [5, 5.41) is 2.61. The summed E-state index contributed by atoms with van der Waals surface area (Å²) in [5.74, 6) is -0.633. The fraction of sp³-hybridized carbons (Fsp3) is 0.318. The molecule has 6 nitrogen and oxygen atoms in total. The zero-order chi connectivity index (χ0) is 20.1. The van der Waals surface area contributed by atoms with Crippen molar-refractivity contribution in [3.8, 4) is 11.1 Å². The lowest BCUT2D eigenvalue weighted by molar-refractivity contribution is -0.118. The maximum atomic E-state index is 12.4. The molecule has 1 amide bonds. The number of fused-ring (bicyclic) bond motifs is 3. The van der Waals surface area contributed by atoms with E-state index in [-0.39, 0.29) is 18.4 Å². The van der Waals surface area contributed by atoms with Gasteiger partial charge < -0.3 is 15.6 Å². The molecular weight excluding hydrogens is 354 g/mol. The van der Waals surface area contributed by atoms with Gasteiger partial charge in [-0.1, -0.05) is 68.8 Å². The van der Waals surface area contributed by atoms with Crippen molar-refractivity contribution in [2.24, 2.45) is 5.92 Å². The van der Waals surface area contributed by atoms with Gasteiger partial charge in [0.2, 0.25) is 0 Å². The Labute approximate surface area is 164 Å². The number of carbonyl (C=O) groups is 2. The van der Waals surface area contributed by atoms with Crippen LogP contribution in [0.1, 0.15) is 37.3 Å². The molecule has 0 fully saturated rings. The molecular formula is C22H23N3O3. The number of nitrogens with zero attached hydrogens (tertiary/aromatic N) is 2. The summed E-state index contributed by atoms with van der Waals surface area (Å²) >= 11 is 0. The number of carbonyl (C=O) groups excluding carboxylic acids is 2. The van der Waals surface area contributed by atoms with Gasteiger partial charge in [0.25, 0.3) is 5.78 Å². The highest BCUT2D eigenvalue weighted by Crippen LogP contribution is 2.44. The average molecular weight is 377 g/mol. The molecule has 6 heteroatoms. The number of amides is 1. The van der Waals surface area contributed by atoms with E-state index in [1.807, 2.05) is 50.2 Å². The SMILES string of the molecule is CC[C@H](C)[C@@H](NC(=O)OCC1c2ccccc2-c2ccccc21)C(=O)C=[N+]=[N-]. The van der Waals surface area contributed by atoms with Gasteiger partial charge in [0.05, 0.1) is 0 Å². The first-order valence-electron chi connectivity index (χ1n) is 9.39. The highest BCUT2D eigenvalue weighted by molar-refractivity contribution is 6.28. The van der Waals surface area contributed by atoms with Gasteiger partial charge in [-0.2, -0.15) is 4.79 Å². The van der Waals surface area contributed by atoms with Gasteiger partial charge in [-0.15, -0.1) is 0 Å². The largest absolute Gasteiger partial charge is 0.449 e. The zero-order valence-electron chi connectivity index (χ0n) is 16.0. The zero-order valence-corrected chi connectivity index (χ0v) is 16.0. The van der Waals surface area contributed by atoms with E-state index in [9.17, 15) is 9.59 Å². The number of benzene rings is 2. The average Bonchev–Trinajstić information content (AvgIpc) is 3.04. The van der Waals surface area contributed by atoms with E-state index in [4.69, 9.17) is 10.3 Å². The topological polar surface area (TPSA) is 91.8 Å². The molecule has 1 aliphatic rings. The molecule has 0 unspecified atom stereocenters.